The first kappa shape index (κ1) is 8.88. The van der Waals surface area contributed by atoms with E-state index in [1.54, 1.807) is 0 Å². The van der Waals surface area contributed by atoms with Crippen molar-refractivity contribution in [1.29, 1.82) is 0 Å². The van der Waals surface area contributed by atoms with Gasteiger partial charge in [-0.1, -0.05) is 0 Å². The van der Waals surface area contributed by atoms with E-state index in [2.05, 4.69) is 0 Å². The molecule has 0 heterocycles. The summed E-state index contributed by atoms with van der Waals surface area (Å²) in [4.78, 5) is 0. The third-order valence-corrected chi connectivity index (χ3v) is 1.01. The second kappa shape index (κ2) is 3.15. The van der Waals surface area contributed by atoms with Crippen LogP contribution in [-0.2, 0) is 0 Å². The highest BCUT2D eigenvalue weighted by atomic mass is 14.8. The predicted molar refractivity (Wildman–Crippen MR) is 39.3 cm³/mol. The lowest BCUT2D eigenvalue weighted by atomic mass is 9.97. The Labute approximate surface area is 56.6 Å². The van der Waals surface area contributed by atoms with E-state index < -0.39 is 0 Å². The summed E-state index contributed by atoms with van der Waals surface area (Å²) in [6, 6.07) is -0.0787. The fourth-order valence-corrected chi connectivity index (χ4v) is 0.676. The van der Waals surface area contributed by atoms with E-state index in [-0.39, 0.29) is 11.6 Å². The van der Waals surface area contributed by atoms with Crippen molar-refractivity contribution in [3.63, 3.8) is 0 Å². The van der Waals surface area contributed by atoms with Crippen molar-refractivity contribution < 1.29 is 0 Å². The molecule has 0 aliphatic heterocycles. The molecule has 0 aliphatic rings. The molecule has 1 atom stereocenters. The van der Waals surface area contributed by atoms with Crippen molar-refractivity contribution in [2.24, 2.45) is 17.2 Å². The second-order valence-electron chi connectivity index (χ2n) is 3.05. The molecule has 0 fully saturated rings. The van der Waals surface area contributed by atoms with Gasteiger partial charge in [0, 0.05) is 18.1 Å². The molecule has 0 amide bonds. The number of hydrogen-bond donors (Lipinski definition) is 3. The van der Waals surface area contributed by atoms with Crippen molar-refractivity contribution in [3.8, 4) is 0 Å². The molecule has 0 aliphatic carbocycles. The molecule has 3 heteroatoms. The van der Waals surface area contributed by atoms with Crippen molar-refractivity contribution in [3.05, 3.63) is 6.54 Å². The maximum absolute atomic E-state index is 5.66. The van der Waals surface area contributed by atoms with Gasteiger partial charge in [0.25, 0.3) is 0 Å². The van der Waals surface area contributed by atoms with Crippen LogP contribution in [0.25, 0.3) is 0 Å². The third kappa shape index (κ3) is 5.76. The van der Waals surface area contributed by atoms with Gasteiger partial charge in [-0.15, -0.1) is 0 Å². The largest absolute Gasteiger partial charge is 0.326 e. The zero-order chi connectivity index (χ0) is 7.49. The van der Waals surface area contributed by atoms with Crippen LogP contribution in [0.15, 0.2) is 0 Å². The van der Waals surface area contributed by atoms with E-state index in [4.69, 9.17) is 17.2 Å². The quantitative estimate of drug-likeness (QED) is 0.484. The highest BCUT2D eigenvalue weighted by molar-refractivity contribution is 4.83. The summed E-state index contributed by atoms with van der Waals surface area (Å²) in [5.74, 6) is 0. The van der Waals surface area contributed by atoms with Crippen molar-refractivity contribution >= 4 is 0 Å². The summed E-state index contributed by atoms with van der Waals surface area (Å²) < 4.78 is 0. The lowest BCUT2D eigenvalue weighted by Gasteiger charge is -2.21. The van der Waals surface area contributed by atoms with E-state index >= 15 is 0 Å². The summed E-state index contributed by atoms with van der Waals surface area (Å²) in [5, 5.41) is 0. The molecule has 0 rings (SSSR count). The van der Waals surface area contributed by atoms with Gasteiger partial charge in [-0.05, 0) is 20.3 Å². The van der Waals surface area contributed by atoms with Crippen LogP contribution in [0, 0.1) is 6.54 Å². The molecule has 6 N–H and O–H groups in total. The molecule has 0 bridgehead atoms. The highest BCUT2D eigenvalue weighted by Gasteiger charge is 2.14. The van der Waals surface area contributed by atoms with Gasteiger partial charge in [-0.25, -0.2) is 0 Å². The van der Waals surface area contributed by atoms with E-state index in [0.717, 1.165) is 6.42 Å². The van der Waals surface area contributed by atoms with Crippen molar-refractivity contribution in [2.75, 3.05) is 0 Å². The van der Waals surface area contributed by atoms with Gasteiger partial charge in [-0.3, -0.25) is 0 Å². The van der Waals surface area contributed by atoms with Crippen LogP contribution in [-0.4, -0.2) is 11.6 Å². The minimum absolute atomic E-state index is 0.0787. The Hall–Kier alpha value is -0.120. The van der Waals surface area contributed by atoms with E-state index in [9.17, 15) is 0 Å². The molecule has 0 aromatic carbocycles. The molecule has 55 valence electrons. The lowest BCUT2D eigenvalue weighted by Crippen LogP contribution is -2.40. The standard InChI is InChI=1S/C6H16N3/c1-6(2,9)3-5(8)4-7/h4-5H,3,7-9H2,1-2H3. The Morgan fingerprint density at radius 1 is 1.56 bits per heavy atom. The van der Waals surface area contributed by atoms with E-state index in [0.29, 0.717) is 0 Å². The van der Waals surface area contributed by atoms with Gasteiger partial charge < -0.3 is 17.2 Å². The molecule has 0 saturated heterocycles. The molecular formula is C6H16N3. The molecule has 1 radical (unpaired) electrons. The van der Waals surface area contributed by atoms with Crippen LogP contribution >= 0.6 is 0 Å². The summed E-state index contributed by atoms with van der Waals surface area (Å²) in [5.41, 5.74) is 16.1. The first-order valence-corrected chi connectivity index (χ1v) is 3.05. The molecule has 1 unspecified atom stereocenters. The van der Waals surface area contributed by atoms with Crippen molar-refractivity contribution in [2.45, 2.75) is 31.8 Å². The van der Waals surface area contributed by atoms with E-state index in [1.807, 2.05) is 13.8 Å². The highest BCUT2D eigenvalue weighted by Crippen LogP contribution is 2.05. The summed E-state index contributed by atoms with van der Waals surface area (Å²) in [6.45, 7) is 5.32. The monoisotopic (exact) mass is 130 g/mol. The average molecular weight is 130 g/mol. The van der Waals surface area contributed by atoms with Gasteiger partial charge >= 0.3 is 0 Å². The topological polar surface area (TPSA) is 78.1 Å². The van der Waals surface area contributed by atoms with Gasteiger partial charge in [0.15, 0.2) is 0 Å². The minimum atomic E-state index is -0.213. The van der Waals surface area contributed by atoms with Crippen LogP contribution in [0.3, 0.4) is 0 Å². The third-order valence-electron chi connectivity index (χ3n) is 1.01. The molecule has 0 aromatic heterocycles. The van der Waals surface area contributed by atoms with Gasteiger partial charge in [0.2, 0.25) is 0 Å². The first-order chi connectivity index (χ1) is 3.95. The molecule has 0 spiro atoms. The Morgan fingerprint density at radius 2 is 2.00 bits per heavy atom. The molecular weight excluding hydrogens is 114 g/mol. The minimum Gasteiger partial charge on any atom is -0.326 e. The normalized spacial score (nSPS) is 15.7. The zero-order valence-electron chi connectivity index (χ0n) is 6.09. The number of hydrogen-bond acceptors (Lipinski definition) is 3. The molecule has 9 heavy (non-hydrogen) atoms. The molecule has 0 aromatic rings. The first-order valence-electron chi connectivity index (χ1n) is 3.05. The fraction of sp³-hybridized carbons (Fsp3) is 0.833. The second-order valence-corrected chi connectivity index (χ2v) is 3.05. The van der Waals surface area contributed by atoms with Crippen LogP contribution < -0.4 is 17.2 Å². The number of nitrogens with two attached hydrogens (primary N) is 3. The Morgan fingerprint density at radius 3 is 2.11 bits per heavy atom. The van der Waals surface area contributed by atoms with Crippen LogP contribution in [0.1, 0.15) is 20.3 Å². The Kier molecular flexibility index (Phi) is 3.11. The van der Waals surface area contributed by atoms with Crippen LogP contribution in [0.5, 0.6) is 0 Å². The number of rotatable bonds is 3. The van der Waals surface area contributed by atoms with Gasteiger partial charge in [-0.2, -0.15) is 0 Å². The molecule has 3 nitrogen and oxygen atoms in total. The van der Waals surface area contributed by atoms with E-state index in [1.165, 1.54) is 6.54 Å². The summed E-state index contributed by atoms with van der Waals surface area (Å²) in [7, 11) is 0. The summed E-state index contributed by atoms with van der Waals surface area (Å²) >= 11 is 0. The Bertz CT molecular complexity index is 74.9. The van der Waals surface area contributed by atoms with Crippen LogP contribution in [0.4, 0.5) is 0 Å². The zero-order valence-corrected chi connectivity index (χ0v) is 6.09. The fourth-order valence-electron chi connectivity index (χ4n) is 0.676. The maximum atomic E-state index is 5.66. The SMILES string of the molecule is CC(C)(N)CC(N)[CH]N. The maximum Gasteiger partial charge on any atom is 0.0362 e. The summed E-state index contributed by atoms with van der Waals surface area (Å²) in [6.07, 6.45) is 0.726. The lowest BCUT2D eigenvalue weighted by molar-refractivity contribution is 0.441. The Balaban J connectivity index is 3.47. The smallest absolute Gasteiger partial charge is 0.0362 e. The molecule has 0 saturated carbocycles. The van der Waals surface area contributed by atoms with Crippen LogP contribution in [0.2, 0.25) is 0 Å². The predicted octanol–water partition coefficient (Wildman–Crippen LogP) is -0.438. The average Bonchev–Trinajstić information content (AvgIpc) is 1.62. The van der Waals surface area contributed by atoms with Gasteiger partial charge in [0.05, 0.1) is 0 Å². The van der Waals surface area contributed by atoms with Gasteiger partial charge in [0.1, 0.15) is 0 Å². The van der Waals surface area contributed by atoms with Crippen molar-refractivity contribution in [1.82, 2.24) is 0 Å².